The maximum absolute atomic E-state index is 11.7. The van der Waals surface area contributed by atoms with Crippen molar-refractivity contribution in [3.8, 4) is 0 Å². The summed E-state index contributed by atoms with van der Waals surface area (Å²) in [7, 11) is 1.41. The van der Waals surface area contributed by atoms with Crippen molar-refractivity contribution < 1.29 is 19.7 Å². The fourth-order valence-electron chi connectivity index (χ4n) is 2.03. The van der Waals surface area contributed by atoms with Crippen LogP contribution < -0.4 is 17.0 Å². The maximum atomic E-state index is 11.7. The van der Waals surface area contributed by atoms with Gasteiger partial charge >= 0.3 is 5.69 Å². The van der Waals surface area contributed by atoms with Crippen molar-refractivity contribution in [3.05, 3.63) is 26.9 Å². The number of nitrogens with zero attached hydrogens (tertiary/aromatic N) is 1. The van der Waals surface area contributed by atoms with E-state index < -0.39 is 35.8 Å². The SMILES string of the molecule is COC[C@H]1O[C@@H](n2c(N)cc(=O)[nH]c2=O)C(O)[C@H]1O. The average molecular weight is 273 g/mol. The summed E-state index contributed by atoms with van der Waals surface area (Å²) in [5, 5.41) is 19.7. The van der Waals surface area contributed by atoms with Gasteiger partial charge < -0.3 is 25.4 Å². The van der Waals surface area contributed by atoms with Crippen molar-refractivity contribution in [1.29, 1.82) is 0 Å². The van der Waals surface area contributed by atoms with Gasteiger partial charge in [0.05, 0.1) is 6.61 Å². The van der Waals surface area contributed by atoms with E-state index in [2.05, 4.69) is 0 Å². The van der Waals surface area contributed by atoms with Gasteiger partial charge in [-0.2, -0.15) is 0 Å². The number of aromatic nitrogens is 2. The smallest absolute Gasteiger partial charge is 0.332 e. The van der Waals surface area contributed by atoms with Crippen molar-refractivity contribution in [2.24, 2.45) is 0 Å². The lowest BCUT2D eigenvalue weighted by atomic mass is 10.1. The first-order chi connectivity index (χ1) is 8.95. The van der Waals surface area contributed by atoms with Gasteiger partial charge in [0.15, 0.2) is 6.23 Å². The zero-order valence-corrected chi connectivity index (χ0v) is 10.1. The average Bonchev–Trinajstić information content (AvgIpc) is 2.57. The second-order valence-corrected chi connectivity index (χ2v) is 4.24. The molecule has 5 N–H and O–H groups in total. The highest BCUT2D eigenvalue weighted by molar-refractivity contribution is 5.27. The molecule has 19 heavy (non-hydrogen) atoms. The zero-order chi connectivity index (χ0) is 14.2. The van der Waals surface area contributed by atoms with Gasteiger partial charge in [0.25, 0.3) is 5.56 Å². The molecule has 2 heterocycles. The Hall–Kier alpha value is -1.68. The molecule has 1 unspecified atom stereocenters. The quantitative estimate of drug-likeness (QED) is 0.472. The Kier molecular flexibility index (Phi) is 3.71. The van der Waals surface area contributed by atoms with Crippen molar-refractivity contribution in [1.82, 2.24) is 9.55 Å². The summed E-state index contributed by atoms with van der Waals surface area (Å²) in [5.74, 6) is -0.164. The number of aliphatic hydroxyl groups excluding tert-OH is 2. The molecule has 4 atom stereocenters. The van der Waals surface area contributed by atoms with Crippen molar-refractivity contribution in [3.63, 3.8) is 0 Å². The number of rotatable bonds is 3. The van der Waals surface area contributed by atoms with Crippen LogP contribution in [-0.4, -0.2) is 51.8 Å². The van der Waals surface area contributed by atoms with Crippen molar-refractivity contribution in [2.45, 2.75) is 24.5 Å². The second-order valence-electron chi connectivity index (χ2n) is 4.24. The molecule has 2 rings (SSSR count). The molecule has 9 heteroatoms. The summed E-state index contributed by atoms with van der Waals surface area (Å²) in [5.41, 5.74) is 4.10. The number of nitrogens with two attached hydrogens (primary N) is 1. The van der Waals surface area contributed by atoms with E-state index in [1.807, 2.05) is 4.98 Å². The molecule has 9 nitrogen and oxygen atoms in total. The predicted molar refractivity (Wildman–Crippen MR) is 63.5 cm³/mol. The molecule has 0 radical (unpaired) electrons. The van der Waals surface area contributed by atoms with E-state index in [1.165, 1.54) is 7.11 Å². The molecule has 0 aliphatic carbocycles. The van der Waals surface area contributed by atoms with Crippen LogP contribution in [0.1, 0.15) is 6.23 Å². The number of aromatic amines is 1. The molecular weight excluding hydrogens is 258 g/mol. The van der Waals surface area contributed by atoms with Crippen molar-refractivity contribution >= 4 is 5.82 Å². The van der Waals surface area contributed by atoms with E-state index in [1.54, 1.807) is 0 Å². The number of aliphatic hydroxyl groups is 2. The van der Waals surface area contributed by atoms with Crippen LogP contribution in [-0.2, 0) is 9.47 Å². The predicted octanol–water partition coefficient (Wildman–Crippen LogP) is -2.62. The number of nitrogens with one attached hydrogen (secondary N) is 1. The third kappa shape index (κ3) is 2.40. The van der Waals surface area contributed by atoms with Gasteiger partial charge in [-0.1, -0.05) is 0 Å². The summed E-state index contributed by atoms with van der Waals surface area (Å²) in [4.78, 5) is 24.8. The van der Waals surface area contributed by atoms with Gasteiger partial charge in [-0.3, -0.25) is 14.3 Å². The lowest BCUT2D eigenvalue weighted by Crippen LogP contribution is -2.39. The molecule has 0 spiro atoms. The Morgan fingerprint density at radius 2 is 2.16 bits per heavy atom. The molecule has 1 aliphatic rings. The molecule has 0 saturated carbocycles. The molecular formula is C10H15N3O6. The van der Waals surface area contributed by atoms with Gasteiger partial charge in [-0.05, 0) is 0 Å². The Labute approximate surface area is 107 Å². The minimum Gasteiger partial charge on any atom is -0.387 e. The Balaban J connectivity index is 2.38. The fourth-order valence-corrected chi connectivity index (χ4v) is 2.03. The molecule has 0 bridgehead atoms. The Morgan fingerprint density at radius 1 is 1.47 bits per heavy atom. The lowest BCUT2D eigenvalue weighted by Gasteiger charge is -2.18. The van der Waals surface area contributed by atoms with Crippen LogP contribution in [0.2, 0.25) is 0 Å². The fraction of sp³-hybridized carbons (Fsp3) is 0.600. The van der Waals surface area contributed by atoms with Crippen LogP contribution in [0.25, 0.3) is 0 Å². The summed E-state index contributed by atoms with van der Waals surface area (Å²) >= 11 is 0. The lowest BCUT2D eigenvalue weighted by molar-refractivity contribution is -0.0604. The highest BCUT2D eigenvalue weighted by atomic mass is 16.6. The minimum atomic E-state index is -1.36. The number of ether oxygens (including phenoxy) is 2. The summed E-state index contributed by atoms with van der Waals surface area (Å²) in [6.07, 6.45) is -4.54. The molecule has 1 aromatic rings. The molecule has 0 aromatic carbocycles. The number of methoxy groups -OCH3 is 1. The van der Waals surface area contributed by atoms with E-state index >= 15 is 0 Å². The van der Waals surface area contributed by atoms with Crippen LogP contribution in [0, 0.1) is 0 Å². The molecule has 1 fully saturated rings. The molecule has 106 valence electrons. The van der Waals surface area contributed by atoms with Gasteiger partial charge in [-0.25, -0.2) is 4.79 Å². The van der Waals surface area contributed by atoms with Gasteiger partial charge in [0.1, 0.15) is 24.1 Å². The van der Waals surface area contributed by atoms with Gasteiger partial charge in [-0.15, -0.1) is 0 Å². The first-order valence-corrected chi connectivity index (χ1v) is 5.57. The molecule has 1 aromatic heterocycles. The van der Waals surface area contributed by atoms with Crippen LogP contribution in [0.4, 0.5) is 5.82 Å². The van der Waals surface area contributed by atoms with Crippen molar-refractivity contribution in [2.75, 3.05) is 19.5 Å². The monoisotopic (exact) mass is 273 g/mol. The Bertz CT molecular complexity index is 567. The molecule has 1 saturated heterocycles. The number of nitrogen functional groups attached to an aromatic ring is 1. The normalized spacial score (nSPS) is 30.7. The van der Waals surface area contributed by atoms with Gasteiger partial charge in [0, 0.05) is 13.2 Å². The third-order valence-corrected chi connectivity index (χ3v) is 2.93. The largest absolute Gasteiger partial charge is 0.387 e. The molecule has 0 amide bonds. The van der Waals surface area contributed by atoms with E-state index in [0.717, 1.165) is 10.6 Å². The number of hydrogen-bond acceptors (Lipinski definition) is 7. The van der Waals surface area contributed by atoms with Crippen LogP contribution in [0.15, 0.2) is 15.7 Å². The molecule has 1 aliphatic heterocycles. The van der Waals surface area contributed by atoms with Crippen LogP contribution in [0.3, 0.4) is 0 Å². The zero-order valence-electron chi connectivity index (χ0n) is 10.1. The number of anilines is 1. The third-order valence-electron chi connectivity index (χ3n) is 2.93. The second kappa shape index (κ2) is 5.13. The topological polar surface area (TPSA) is 140 Å². The van der Waals surface area contributed by atoms with E-state index in [4.69, 9.17) is 15.2 Å². The van der Waals surface area contributed by atoms with E-state index in [9.17, 15) is 19.8 Å². The number of hydrogen-bond donors (Lipinski definition) is 4. The summed E-state index contributed by atoms with van der Waals surface area (Å²) in [6, 6.07) is 0.994. The standard InChI is InChI=1S/C10H15N3O6/c1-18-3-4-7(15)8(16)9(19-4)13-5(11)2-6(14)12-10(13)17/h2,4,7-9,15-16H,3,11H2,1H3,(H,12,14,17)/t4-,7+,8?,9-/m1/s1. The van der Waals surface area contributed by atoms with Gasteiger partial charge in [0.2, 0.25) is 0 Å². The van der Waals surface area contributed by atoms with E-state index in [-0.39, 0.29) is 12.4 Å². The number of H-pyrrole nitrogens is 1. The minimum absolute atomic E-state index is 0.0483. The van der Waals surface area contributed by atoms with E-state index in [0.29, 0.717) is 0 Å². The first-order valence-electron chi connectivity index (χ1n) is 5.57. The maximum Gasteiger partial charge on any atom is 0.332 e. The Morgan fingerprint density at radius 3 is 2.74 bits per heavy atom. The summed E-state index contributed by atoms with van der Waals surface area (Å²) in [6.45, 7) is 0.0483. The highest BCUT2D eigenvalue weighted by Gasteiger charge is 2.44. The first kappa shape index (κ1) is 13.7. The van der Waals surface area contributed by atoms with Crippen LogP contribution in [0.5, 0.6) is 0 Å². The highest BCUT2D eigenvalue weighted by Crippen LogP contribution is 2.29. The summed E-state index contributed by atoms with van der Waals surface area (Å²) < 4.78 is 11.1. The van der Waals surface area contributed by atoms with Crippen LogP contribution >= 0.6 is 0 Å².